The summed E-state index contributed by atoms with van der Waals surface area (Å²) in [6, 6.07) is 0. The number of carbonyl (C=O) groups is 1. The summed E-state index contributed by atoms with van der Waals surface area (Å²) in [6.07, 6.45) is 6.20. The maximum absolute atomic E-state index is 11.7. The van der Waals surface area contributed by atoms with Gasteiger partial charge in [-0.3, -0.25) is 4.79 Å². The molecular formula is C11H11N3OS. The number of ketones is 1. The van der Waals surface area contributed by atoms with E-state index in [1.807, 2.05) is 17.8 Å². The Morgan fingerprint density at radius 3 is 3.00 bits per heavy atom. The lowest BCUT2D eigenvalue weighted by Crippen LogP contribution is -2.08. The number of thiazole rings is 1. The summed E-state index contributed by atoms with van der Waals surface area (Å²) in [4.78, 5) is 21.5. The molecule has 0 aromatic carbocycles. The van der Waals surface area contributed by atoms with Crippen LogP contribution < -0.4 is 0 Å². The molecular weight excluding hydrogens is 222 g/mol. The van der Waals surface area contributed by atoms with E-state index in [2.05, 4.69) is 9.97 Å². The van der Waals surface area contributed by atoms with Gasteiger partial charge < -0.3 is 4.57 Å². The molecule has 0 unspecified atom stereocenters. The Labute approximate surface area is 97.0 Å². The van der Waals surface area contributed by atoms with E-state index in [0.717, 1.165) is 28.6 Å². The highest BCUT2D eigenvalue weighted by Gasteiger charge is 2.23. The Kier molecular flexibility index (Phi) is 2.14. The molecule has 0 atom stereocenters. The maximum atomic E-state index is 11.7. The van der Waals surface area contributed by atoms with E-state index in [4.69, 9.17) is 0 Å². The van der Waals surface area contributed by atoms with Crippen molar-refractivity contribution in [2.45, 2.75) is 19.3 Å². The summed E-state index contributed by atoms with van der Waals surface area (Å²) >= 11 is 1.60. The molecule has 4 nitrogen and oxygen atoms in total. The first-order valence-electron chi connectivity index (χ1n) is 5.26. The van der Waals surface area contributed by atoms with Crippen molar-refractivity contribution < 1.29 is 4.79 Å². The van der Waals surface area contributed by atoms with E-state index < -0.39 is 0 Å². The van der Waals surface area contributed by atoms with Gasteiger partial charge in [0.25, 0.3) is 0 Å². The average molecular weight is 233 g/mol. The Hall–Kier alpha value is -1.49. The minimum Gasteiger partial charge on any atom is -0.332 e. The van der Waals surface area contributed by atoms with Gasteiger partial charge in [-0.15, -0.1) is 11.3 Å². The van der Waals surface area contributed by atoms with E-state index in [9.17, 15) is 4.79 Å². The molecule has 82 valence electrons. The second-order valence-corrected chi connectivity index (χ2v) is 5.01. The smallest absolute Gasteiger partial charge is 0.182 e. The summed E-state index contributed by atoms with van der Waals surface area (Å²) in [5, 5.41) is 0.854. The van der Waals surface area contributed by atoms with E-state index >= 15 is 0 Å². The molecule has 0 aliphatic heterocycles. The lowest BCUT2D eigenvalue weighted by molar-refractivity contribution is 0.0968. The molecule has 0 amide bonds. The fourth-order valence-corrected chi connectivity index (χ4v) is 3.10. The number of nitrogens with zero attached hydrogens (tertiary/aromatic N) is 3. The van der Waals surface area contributed by atoms with Gasteiger partial charge in [-0.2, -0.15) is 0 Å². The standard InChI is InChI=1S/C11H11N3OS/c1-14-6-5-12-10(14)11-13-9-7(15)3-2-4-8(9)16-11/h5-6H,2-4H2,1H3. The lowest BCUT2D eigenvalue weighted by Gasteiger charge is -2.06. The predicted molar refractivity (Wildman–Crippen MR) is 61.6 cm³/mol. The number of Topliss-reactive ketones (excluding diaryl/α,β-unsaturated/α-hetero) is 1. The van der Waals surface area contributed by atoms with Crippen molar-refractivity contribution in [2.24, 2.45) is 7.05 Å². The molecule has 0 bridgehead atoms. The highest BCUT2D eigenvalue weighted by molar-refractivity contribution is 7.15. The van der Waals surface area contributed by atoms with Crippen LogP contribution in [0.25, 0.3) is 10.8 Å². The predicted octanol–water partition coefficient (Wildman–Crippen LogP) is 2.06. The number of hydrogen-bond donors (Lipinski definition) is 0. The van der Waals surface area contributed by atoms with Crippen LogP contribution in [0.1, 0.15) is 28.2 Å². The van der Waals surface area contributed by atoms with Crippen LogP contribution in [0.5, 0.6) is 0 Å². The van der Waals surface area contributed by atoms with Gasteiger partial charge in [-0.05, 0) is 12.8 Å². The van der Waals surface area contributed by atoms with Crippen LogP contribution in [0.3, 0.4) is 0 Å². The minimum absolute atomic E-state index is 0.179. The number of carbonyl (C=O) groups excluding carboxylic acids is 1. The van der Waals surface area contributed by atoms with Gasteiger partial charge in [0.15, 0.2) is 16.6 Å². The van der Waals surface area contributed by atoms with E-state index in [1.54, 1.807) is 17.5 Å². The van der Waals surface area contributed by atoms with Gasteiger partial charge in [0.1, 0.15) is 5.69 Å². The topological polar surface area (TPSA) is 47.8 Å². The lowest BCUT2D eigenvalue weighted by atomic mass is 10.0. The zero-order valence-corrected chi connectivity index (χ0v) is 9.75. The summed E-state index contributed by atoms with van der Waals surface area (Å²) in [5.74, 6) is 1.02. The van der Waals surface area contributed by atoms with Crippen molar-refractivity contribution in [3.05, 3.63) is 23.0 Å². The van der Waals surface area contributed by atoms with Gasteiger partial charge in [-0.25, -0.2) is 9.97 Å². The van der Waals surface area contributed by atoms with Crippen LogP contribution in [-0.2, 0) is 13.5 Å². The zero-order chi connectivity index (χ0) is 11.1. The number of fused-ring (bicyclic) bond motifs is 1. The van der Waals surface area contributed by atoms with Crippen LogP contribution in [0.4, 0.5) is 0 Å². The molecule has 0 radical (unpaired) electrons. The van der Waals surface area contributed by atoms with Crippen molar-refractivity contribution in [3.63, 3.8) is 0 Å². The Balaban J connectivity index is 2.11. The van der Waals surface area contributed by atoms with Crippen LogP contribution in [0, 0.1) is 0 Å². The van der Waals surface area contributed by atoms with Crippen LogP contribution in [0.2, 0.25) is 0 Å². The maximum Gasteiger partial charge on any atom is 0.182 e. The van der Waals surface area contributed by atoms with Gasteiger partial charge in [-0.1, -0.05) is 0 Å². The average Bonchev–Trinajstić information content (AvgIpc) is 2.84. The third-order valence-corrected chi connectivity index (χ3v) is 3.89. The monoisotopic (exact) mass is 233 g/mol. The first-order chi connectivity index (χ1) is 7.75. The Morgan fingerprint density at radius 2 is 2.31 bits per heavy atom. The summed E-state index contributed by atoms with van der Waals surface area (Å²) in [6.45, 7) is 0. The van der Waals surface area contributed by atoms with Gasteiger partial charge >= 0.3 is 0 Å². The molecule has 0 fully saturated rings. The molecule has 2 aromatic rings. The minimum atomic E-state index is 0.179. The molecule has 3 rings (SSSR count). The van der Waals surface area contributed by atoms with E-state index in [1.165, 1.54) is 0 Å². The van der Waals surface area contributed by atoms with Crippen LogP contribution >= 0.6 is 11.3 Å². The zero-order valence-electron chi connectivity index (χ0n) is 8.93. The Morgan fingerprint density at radius 1 is 1.44 bits per heavy atom. The summed E-state index contributed by atoms with van der Waals surface area (Å²) in [7, 11) is 1.94. The van der Waals surface area contributed by atoms with Gasteiger partial charge in [0.2, 0.25) is 0 Å². The third kappa shape index (κ3) is 1.39. The molecule has 0 spiro atoms. The fraction of sp³-hybridized carbons (Fsp3) is 0.364. The largest absolute Gasteiger partial charge is 0.332 e. The molecule has 1 aliphatic carbocycles. The van der Waals surface area contributed by atoms with Crippen molar-refractivity contribution >= 4 is 17.1 Å². The first kappa shape index (κ1) is 9.72. The van der Waals surface area contributed by atoms with Crippen LogP contribution in [-0.4, -0.2) is 20.3 Å². The first-order valence-corrected chi connectivity index (χ1v) is 6.08. The van der Waals surface area contributed by atoms with Gasteiger partial charge in [0, 0.05) is 30.7 Å². The van der Waals surface area contributed by atoms with E-state index in [-0.39, 0.29) is 5.78 Å². The highest BCUT2D eigenvalue weighted by Crippen LogP contribution is 2.31. The second kappa shape index (κ2) is 3.52. The SMILES string of the molecule is Cn1ccnc1-c1nc2c(s1)CCCC2=O. The van der Waals surface area contributed by atoms with Crippen LogP contribution in [0.15, 0.2) is 12.4 Å². The van der Waals surface area contributed by atoms with Crippen molar-refractivity contribution in [1.82, 2.24) is 14.5 Å². The third-order valence-electron chi connectivity index (χ3n) is 2.78. The second-order valence-electron chi connectivity index (χ2n) is 3.93. The number of aromatic nitrogens is 3. The number of rotatable bonds is 1. The molecule has 16 heavy (non-hydrogen) atoms. The number of aryl methyl sites for hydroxylation is 2. The normalized spacial score (nSPS) is 15.2. The molecule has 2 aromatic heterocycles. The fourth-order valence-electron chi connectivity index (χ4n) is 1.93. The molecule has 0 saturated carbocycles. The molecule has 1 aliphatic rings. The Bertz CT molecular complexity index is 555. The summed E-state index contributed by atoms with van der Waals surface area (Å²) in [5.41, 5.74) is 0.675. The molecule has 0 N–H and O–H groups in total. The quantitative estimate of drug-likeness (QED) is 0.757. The number of hydrogen-bond acceptors (Lipinski definition) is 4. The van der Waals surface area contributed by atoms with Crippen molar-refractivity contribution in [3.8, 4) is 10.8 Å². The molecule has 5 heteroatoms. The molecule has 2 heterocycles. The van der Waals surface area contributed by atoms with E-state index in [0.29, 0.717) is 12.1 Å². The summed E-state index contributed by atoms with van der Waals surface area (Å²) < 4.78 is 1.93. The highest BCUT2D eigenvalue weighted by atomic mass is 32.1. The van der Waals surface area contributed by atoms with Crippen molar-refractivity contribution in [1.29, 1.82) is 0 Å². The molecule has 0 saturated heterocycles. The number of imidazole rings is 1. The van der Waals surface area contributed by atoms with Gasteiger partial charge in [0.05, 0.1) is 0 Å². The van der Waals surface area contributed by atoms with Crippen molar-refractivity contribution in [2.75, 3.05) is 0 Å².